The lowest BCUT2D eigenvalue weighted by Crippen LogP contribution is -2.18. The summed E-state index contributed by atoms with van der Waals surface area (Å²) >= 11 is 0. The number of rotatable bonds is 3. The van der Waals surface area contributed by atoms with Crippen molar-refractivity contribution in [2.24, 2.45) is 0 Å². The van der Waals surface area contributed by atoms with Crippen LogP contribution in [-0.4, -0.2) is 4.90 Å². The first kappa shape index (κ1) is 13.2. The van der Waals surface area contributed by atoms with Crippen LogP contribution in [0, 0.1) is 0 Å². The molecule has 0 N–H and O–H groups in total. The van der Waals surface area contributed by atoms with Crippen molar-refractivity contribution >= 4 is 0 Å². The molecule has 0 aromatic heterocycles. The molecule has 1 nitrogen and oxygen atoms in total. The van der Waals surface area contributed by atoms with Gasteiger partial charge >= 0.3 is 0 Å². The molecule has 1 aliphatic heterocycles. The van der Waals surface area contributed by atoms with Crippen LogP contribution >= 0.6 is 0 Å². The fourth-order valence-electron chi connectivity index (χ4n) is 2.26. The van der Waals surface area contributed by atoms with Crippen molar-refractivity contribution in [2.45, 2.75) is 12.8 Å². The maximum atomic E-state index is 4.09. The van der Waals surface area contributed by atoms with Gasteiger partial charge in [0.2, 0.25) is 0 Å². The number of allylic oxidation sites excluding steroid dienone is 11. The average molecular weight is 249 g/mol. The molecule has 96 valence electrons. The Kier molecular flexibility index (Phi) is 4.19. The molecule has 2 rings (SSSR count). The van der Waals surface area contributed by atoms with Crippen molar-refractivity contribution < 1.29 is 0 Å². The first-order valence-corrected chi connectivity index (χ1v) is 6.46. The van der Waals surface area contributed by atoms with Crippen LogP contribution in [0.3, 0.4) is 0 Å². The molecule has 0 unspecified atom stereocenters. The van der Waals surface area contributed by atoms with E-state index in [1.54, 1.807) is 0 Å². The van der Waals surface area contributed by atoms with Crippen molar-refractivity contribution in [3.05, 3.63) is 97.1 Å². The molecule has 0 aromatic rings. The van der Waals surface area contributed by atoms with Gasteiger partial charge in [0.05, 0.1) is 5.70 Å². The minimum absolute atomic E-state index is 0.950. The van der Waals surface area contributed by atoms with Gasteiger partial charge in [-0.15, -0.1) is 0 Å². The number of hydrogen-bond donors (Lipinski definition) is 0. The largest absolute Gasteiger partial charge is 0.320 e. The summed E-state index contributed by atoms with van der Waals surface area (Å²) < 4.78 is 0. The second-order valence-electron chi connectivity index (χ2n) is 4.43. The number of nitrogens with zero attached hydrogens (tertiary/aromatic N) is 1. The van der Waals surface area contributed by atoms with E-state index in [1.807, 2.05) is 30.4 Å². The molecule has 0 bridgehead atoms. The Labute approximate surface area is 115 Å². The molecule has 0 spiro atoms. The van der Waals surface area contributed by atoms with Gasteiger partial charge in [0.25, 0.3) is 0 Å². The minimum Gasteiger partial charge on any atom is -0.320 e. The van der Waals surface area contributed by atoms with Crippen molar-refractivity contribution in [3.8, 4) is 0 Å². The third-order valence-corrected chi connectivity index (χ3v) is 3.22. The lowest BCUT2D eigenvalue weighted by molar-refractivity contribution is 0.554. The van der Waals surface area contributed by atoms with Gasteiger partial charge in [0, 0.05) is 17.5 Å². The second-order valence-corrected chi connectivity index (χ2v) is 4.43. The molecule has 0 saturated heterocycles. The van der Waals surface area contributed by atoms with Gasteiger partial charge in [0.1, 0.15) is 0 Å². The van der Waals surface area contributed by atoms with Gasteiger partial charge in [0.15, 0.2) is 0 Å². The highest BCUT2D eigenvalue weighted by atomic mass is 15.1. The first-order valence-electron chi connectivity index (χ1n) is 6.46. The summed E-state index contributed by atoms with van der Waals surface area (Å²) in [5.41, 5.74) is 4.26. The summed E-state index contributed by atoms with van der Waals surface area (Å²) in [6, 6.07) is 0. The third-order valence-electron chi connectivity index (χ3n) is 3.22. The minimum atomic E-state index is 0.950. The van der Waals surface area contributed by atoms with Gasteiger partial charge in [-0.3, -0.25) is 0 Å². The maximum Gasteiger partial charge on any atom is 0.0524 e. The standard InChI is InChI=1S/C18H19N/c1-4-17-15(3)11-9-10-14-19(18(17)5-2)16-12-7-6-8-13-16/h4-7,9-12,14H,1-3,8,13H2/b11-9-,14-10-,18-17-. The van der Waals surface area contributed by atoms with Crippen LogP contribution in [0.15, 0.2) is 97.1 Å². The summed E-state index contributed by atoms with van der Waals surface area (Å²) in [4.78, 5) is 2.17. The van der Waals surface area contributed by atoms with Crippen molar-refractivity contribution in [2.75, 3.05) is 0 Å². The van der Waals surface area contributed by atoms with E-state index in [0.29, 0.717) is 0 Å². The maximum absolute atomic E-state index is 4.09. The van der Waals surface area contributed by atoms with Crippen LogP contribution in [0.25, 0.3) is 0 Å². The second kappa shape index (κ2) is 6.05. The predicted octanol–water partition coefficient (Wildman–Crippen LogP) is 4.79. The Balaban J connectivity index is 2.55. The molecule has 0 atom stereocenters. The van der Waals surface area contributed by atoms with E-state index in [0.717, 1.165) is 29.7 Å². The van der Waals surface area contributed by atoms with Gasteiger partial charge in [-0.2, -0.15) is 0 Å². The number of hydrogen-bond acceptors (Lipinski definition) is 1. The Bertz CT molecular complexity index is 550. The van der Waals surface area contributed by atoms with Crippen LogP contribution < -0.4 is 0 Å². The smallest absolute Gasteiger partial charge is 0.0524 e. The van der Waals surface area contributed by atoms with E-state index in [1.165, 1.54) is 5.70 Å². The van der Waals surface area contributed by atoms with Crippen molar-refractivity contribution in [1.29, 1.82) is 0 Å². The summed E-state index contributed by atoms with van der Waals surface area (Å²) in [6.07, 6.45) is 20.3. The van der Waals surface area contributed by atoms with E-state index in [2.05, 4.69) is 49.1 Å². The fourth-order valence-corrected chi connectivity index (χ4v) is 2.26. The monoisotopic (exact) mass is 249 g/mol. The average Bonchev–Trinajstić information content (AvgIpc) is 2.44. The zero-order valence-electron chi connectivity index (χ0n) is 11.2. The molecule has 0 saturated carbocycles. The van der Waals surface area contributed by atoms with Gasteiger partial charge < -0.3 is 4.90 Å². The molecule has 0 aromatic carbocycles. The molecule has 19 heavy (non-hydrogen) atoms. The summed E-state index contributed by atoms with van der Waals surface area (Å²) in [6.45, 7) is 11.9. The van der Waals surface area contributed by atoms with E-state index in [9.17, 15) is 0 Å². The predicted molar refractivity (Wildman–Crippen MR) is 83.1 cm³/mol. The molecular weight excluding hydrogens is 230 g/mol. The molecular formula is C18H19N. The summed E-state index contributed by atoms with van der Waals surface area (Å²) in [5, 5.41) is 0. The Morgan fingerprint density at radius 3 is 2.58 bits per heavy atom. The highest BCUT2D eigenvalue weighted by Gasteiger charge is 2.15. The highest BCUT2D eigenvalue weighted by molar-refractivity contribution is 5.52. The van der Waals surface area contributed by atoms with E-state index >= 15 is 0 Å². The summed E-state index contributed by atoms with van der Waals surface area (Å²) in [5.74, 6) is 0. The quantitative estimate of drug-likeness (QED) is 0.695. The normalized spacial score (nSPS) is 26.2. The molecule has 0 amide bonds. The van der Waals surface area contributed by atoms with Crippen LogP contribution in [0.5, 0.6) is 0 Å². The third kappa shape index (κ3) is 2.76. The van der Waals surface area contributed by atoms with E-state index in [-0.39, 0.29) is 0 Å². The molecule has 1 heterocycles. The van der Waals surface area contributed by atoms with Crippen molar-refractivity contribution in [1.82, 2.24) is 4.90 Å². The summed E-state index contributed by atoms with van der Waals surface area (Å²) in [7, 11) is 0. The molecule has 1 aliphatic carbocycles. The Morgan fingerprint density at radius 2 is 1.95 bits per heavy atom. The topological polar surface area (TPSA) is 3.24 Å². The van der Waals surface area contributed by atoms with Crippen molar-refractivity contribution in [3.63, 3.8) is 0 Å². The Morgan fingerprint density at radius 1 is 1.11 bits per heavy atom. The molecule has 0 fully saturated rings. The first-order chi connectivity index (χ1) is 9.27. The van der Waals surface area contributed by atoms with Crippen LogP contribution in [0.2, 0.25) is 0 Å². The van der Waals surface area contributed by atoms with Gasteiger partial charge in [-0.1, -0.05) is 50.1 Å². The zero-order valence-corrected chi connectivity index (χ0v) is 11.2. The van der Waals surface area contributed by atoms with Gasteiger partial charge in [-0.25, -0.2) is 0 Å². The van der Waals surface area contributed by atoms with Crippen LogP contribution in [0.4, 0.5) is 0 Å². The highest BCUT2D eigenvalue weighted by Crippen LogP contribution is 2.28. The lowest BCUT2D eigenvalue weighted by atomic mass is 10.0. The van der Waals surface area contributed by atoms with Crippen LogP contribution in [0.1, 0.15) is 12.8 Å². The molecule has 2 aliphatic rings. The fraction of sp³-hybridized carbons (Fsp3) is 0.111. The lowest BCUT2D eigenvalue weighted by Gasteiger charge is -2.28. The molecule has 0 radical (unpaired) electrons. The molecule has 1 heteroatoms. The van der Waals surface area contributed by atoms with Gasteiger partial charge in [-0.05, 0) is 36.6 Å². The SMILES string of the molecule is C=C/C1=C(\C=C)N(C2=CC=CCC2)/C=C\C=C/C1=C. The van der Waals surface area contributed by atoms with E-state index in [4.69, 9.17) is 0 Å². The van der Waals surface area contributed by atoms with E-state index < -0.39 is 0 Å². The zero-order chi connectivity index (χ0) is 13.7. The van der Waals surface area contributed by atoms with Crippen LogP contribution in [-0.2, 0) is 0 Å². The Hall–Kier alpha value is -2.28.